The van der Waals surface area contributed by atoms with Crippen LogP contribution in [0.3, 0.4) is 0 Å². The molecule has 104 valence electrons. The average molecular weight is 270 g/mol. The molecule has 0 bridgehead atoms. The topological polar surface area (TPSA) is 81.7 Å². The van der Waals surface area contributed by atoms with Crippen LogP contribution in [-0.4, -0.2) is 25.2 Å². The van der Waals surface area contributed by atoms with E-state index in [0.717, 1.165) is 43.4 Å². The molecule has 0 amide bonds. The first-order chi connectivity index (χ1) is 9.81. The van der Waals surface area contributed by atoms with E-state index >= 15 is 0 Å². The van der Waals surface area contributed by atoms with Crippen molar-refractivity contribution in [2.75, 3.05) is 25.6 Å². The molecule has 0 spiro atoms. The fourth-order valence-electron chi connectivity index (χ4n) is 2.53. The van der Waals surface area contributed by atoms with E-state index in [-0.39, 0.29) is 0 Å². The fraction of sp³-hybridized carbons (Fsp3) is 0.533. The largest absolute Gasteiger partial charge is 0.385 e. The summed E-state index contributed by atoms with van der Waals surface area (Å²) in [4.78, 5) is 4.56. The zero-order valence-corrected chi connectivity index (χ0v) is 11.7. The van der Waals surface area contributed by atoms with Gasteiger partial charge in [-0.05, 0) is 37.7 Å². The van der Waals surface area contributed by atoms with Crippen LogP contribution in [0.25, 0.3) is 0 Å². The van der Waals surface area contributed by atoms with Gasteiger partial charge in [0, 0.05) is 26.0 Å². The number of methoxy groups -OCH3 is 1. The molecule has 20 heavy (non-hydrogen) atoms. The maximum atomic E-state index is 9.36. The molecule has 0 fully saturated rings. The van der Waals surface area contributed by atoms with Gasteiger partial charge in [-0.3, -0.25) is 0 Å². The van der Waals surface area contributed by atoms with E-state index in [1.807, 2.05) is 0 Å². The van der Waals surface area contributed by atoms with E-state index in [0.29, 0.717) is 30.1 Å². The molecule has 0 aliphatic heterocycles. The van der Waals surface area contributed by atoms with Crippen molar-refractivity contribution in [3.8, 4) is 12.1 Å². The van der Waals surface area contributed by atoms with Crippen molar-refractivity contribution < 1.29 is 4.74 Å². The standard InChI is InChI=1S/C15H18N4O/c1-20-8-4-7-18-15-13(10-17)12(9-16)11-5-2-3-6-14(11)19-15/h2-8H2,1H3,(H,18,19). The van der Waals surface area contributed by atoms with Crippen molar-refractivity contribution in [2.45, 2.75) is 32.1 Å². The van der Waals surface area contributed by atoms with E-state index in [2.05, 4.69) is 22.4 Å². The number of hydrogen-bond acceptors (Lipinski definition) is 5. The first-order valence-electron chi connectivity index (χ1n) is 6.90. The molecule has 5 nitrogen and oxygen atoms in total. The lowest BCUT2D eigenvalue weighted by Crippen LogP contribution is -2.14. The minimum Gasteiger partial charge on any atom is -0.385 e. The highest BCUT2D eigenvalue weighted by molar-refractivity contribution is 5.64. The SMILES string of the molecule is COCCCNc1nc2c(c(C#N)c1C#N)CCCC2. The number of nitriles is 2. The Bertz CT molecular complexity index is 569. The maximum absolute atomic E-state index is 9.36. The lowest BCUT2D eigenvalue weighted by Gasteiger charge is -2.19. The van der Waals surface area contributed by atoms with Crippen molar-refractivity contribution in [2.24, 2.45) is 0 Å². The Morgan fingerprint density at radius 1 is 1.20 bits per heavy atom. The van der Waals surface area contributed by atoms with Gasteiger partial charge in [0.2, 0.25) is 0 Å². The summed E-state index contributed by atoms with van der Waals surface area (Å²) >= 11 is 0. The van der Waals surface area contributed by atoms with Gasteiger partial charge in [-0.2, -0.15) is 10.5 Å². The smallest absolute Gasteiger partial charge is 0.145 e. The summed E-state index contributed by atoms with van der Waals surface area (Å²) < 4.78 is 4.99. The van der Waals surface area contributed by atoms with Crippen molar-refractivity contribution in [3.63, 3.8) is 0 Å². The lowest BCUT2D eigenvalue weighted by molar-refractivity contribution is 0.197. The van der Waals surface area contributed by atoms with Crippen LogP contribution in [0, 0.1) is 22.7 Å². The highest BCUT2D eigenvalue weighted by Gasteiger charge is 2.21. The molecule has 1 N–H and O–H groups in total. The third-order valence-electron chi connectivity index (χ3n) is 3.52. The molecular weight excluding hydrogens is 252 g/mol. The van der Waals surface area contributed by atoms with Crippen molar-refractivity contribution in [3.05, 3.63) is 22.4 Å². The third kappa shape index (κ3) is 2.89. The number of anilines is 1. The molecule has 1 aromatic rings. The summed E-state index contributed by atoms with van der Waals surface area (Å²) in [5.41, 5.74) is 2.83. The van der Waals surface area contributed by atoms with E-state index in [1.54, 1.807) is 7.11 Å². The number of nitrogens with one attached hydrogen (secondary N) is 1. The number of hydrogen-bond donors (Lipinski definition) is 1. The minimum atomic E-state index is 0.380. The summed E-state index contributed by atoms with van der Waals surface area (Å²) in [5, 5.41) is 21.9. The number of pyridine rings is 1. The normalized spacial score (nSPS) is 13.2. The molecule has 0 radical (unpaired) electrons. The summed E-state index contributed by atoms with van der Waals surface area (Å²) in [7, 11) is 1.66. The van der Waals surface area contributed by atoms with Crippen LogP contribution in [0.4, 0.5) is 5.82 Å². The second-order valence-electron chi connectivity index (χ2n) is 4.84. The Morgan fingerprint density at radius 3 is 2.65 bits per heavy atom. The molecular formula is C15H18N4O. The van der Waals surface area contributed by atoms with Crippen LogP contribution in [0.2, 0.25) is 0 Å². The average Bonchev–Trinajstić information content (AvgIpc) is 2.50. The molecule has 0 saturated carbocycles. The Labute approximate surface area is 119 Å². The number of nitrogens with zero attached hydrogens (tertiary/aromatic N) is 3. The molecule has 1 aliphatic rings. The lowest BCUT2D eigenvalue weighted by atomic mass is 9.90. The molecule has 1 aromatic heterocycles. The molecule has 2 rings (SSSR count). The van der Waals surface area contributed by atoms with E-state index in [1.165, 1.54) is 0 Å². The first-order valence-corrected chi connectivity index (χ1v) is 6.90. The first kappa shape index (κ1) is 14.3. The van der Waals surface area contributed by atoms with Crippen LogP contribution in [0.5, 0.6) is 0 Å². The fourth-order valence-corrected chi connectivity index (χ4v) is 2.53. The van der Waals surface area contributed by atoms with Gasteiger partial charge in [0.1, 0.15) is 23.5 Å². The molecule has 5 heteroatoms. The van der Waals surface area contributed by atoms with Crippen LogP contribution < -0.4 is 5.32 Å². The minimum absolute atomic E-state index is 0.380. The highest BCUT2D eigenvalue weighted by atomic mass is 16.5. The molecule has 0 unspecified atom stereocenters. The van der Waals surface area contributed by atoms with Gasteiger partial charge in [0.05, 0.1) is 5.56 Å². The summed E-state index contributed by atoms with van der Waals surface area (Å²) in [5.74, 6) is 0.542. The maximum Gasteiger partial charge on any atom is 0.145 e. The monoisotopic (exact) mass is 270 g/mol. The van der Waals surface area contributed by atoms with Gasteiger partial charge in [0.25, 0.3) is 0 Å². The van der Waals surface area contributed by atoms with Crippen LogP contribution in [0.1, 0.15) is 41.6 Å². The number of fused-ring (bicyclic) bond motifs is 1. The number of rotatable bonds is 5. The Hall–Kier alpha value is -2.11. The zero-order valence-electron chi connectivity index (χ0n) is 11.7. The Morgan fingerprint density at radius 2 is 1.95 bits per heavy atom. The highest BCUT2D eigenvalue weighted by Crippen LogP contribution is 2.28. The summed E-state index contributed by atoms with van der Waals surface area (Å²) in [6.07, 6.45) is 4.74. The Kier molecular flexibility index (Phi) is 4.92. The van der Waals surface area contributed by atoms with E-state index in [9.17, 15) is 10.5 Å². The zero-order chi connectivity index (χ0) is 14.4. The second-order valence-corrected chi connectivity index (χ2v) is 4.84. The molecule has 0 atom stereocenters. The molecule has 1 heterocycles. The van der Waals surface area contributed by atoms with Gasteiger partial charge in [0.15, 0.2) is 0 Å². The van der Waals surface area contributed by atoms with E-state index in [4.69, 9.17) is 4.74 Å². The summed E-state index contributed by atoms with van der Waals surface area (Å²) in [6.45, 7) is 1.34. The number of aromatic nitrogens is 1. The van der Waals surface area contributed by atoms with Gasteiger partial charge in [-0.1, -0.05) is 0 Å². The van der Waals surface area contributed by atoms with E-state index < -0.39 is 0 Å². The van der Waals surface area contributed by atoms with Crippen LogP contribution in [0.15, 0.2) is 0 Å². The van der Waals surface area contributed by atoms with Gasteiger partial charge >= 0.3 is 0 Å². The Balaban J connectivity index is 2.32. The predicted molar refractivity (Wildman–Crippen MR) is 75.3 cm³/mol. The molecule has 0 saturated heterocycles. The predicted octanol–water partition coefficient (Wildman–Crippen LogP) is 2.15. The quantitative estimate of drug-likeness (QED) is 0.829. The van der Waals surface area contributed by atoms with Crippen molar-refractivity contribution in [1.82, 2.24) is 4.98 Å². The van der Waals surface area contributed by atoms with Crippen LogP contribution >= 0.6 is 0 Å². The number of ether oxygens (including phenoxy) is 1. The van der Waals surface area contributed by atoms with Gasteiger partial charge < -0.3 is 10.1 Å². The van der Waals surface area contributed by atoms with Crippen molar-refractivity contribution >= 4 is 5.82 Å². The third-order valence-corrected chi connectivity index (χ3v) is 3.52. The second kappa shape index (κ2) is 6.88. The van der Waals surface area contributed by atoms with Gasteiger partial charge in [-0.15, -0.1) is 0 Å². The molecule has 0 aromatic carbocycles. The number of aryl methyl sites for hydroxylation is 1. The van der Waals surface area contributed by atoms with Gasteiger partial charge in [-0.25, -0.2) is 4.98 Å². The summed E-state index contributed by atoms with van der Waals surface area (Å²) in [6, 6.07) is 4.32. The van der Waals surface area contributed by atoms with Crippen molar-refractivity contribution in [1.29, 1.82) is 10.5 Å². The van der Waals surface area contributed by atoms with Crippen LogP contribution in [-0.2, 0) is 17.6 Å². The molecule has 1 aliphatic carbocycles.